The molecule has 0 saturated heterocycles. The summed E-state index contributed by atoms with van der Waals surface area (Å²) in [5.41, 5.74) is 26.0. The molecule has 1 aromatic heterocycles. The SMILES string of the molecule is CC1(C)c2ccccc2-c2ccc(N(c3ccc(-c4ccccc4)cc3)c3ccc(-c4ccc5c(c4)c4cc(-c6ccc(N)cc6)ccc4n5-c4ccccc4)cc3)cc21. The summed E-state index contributed by atoms with van der Waals surface area (Å²) >= 11 is 0. The summed E-state index contributed by atoms with van der Waals surface area (Å²) in [6, 6.07) is 77.0. The molecule has 3 nitrogen and oxygen atoms in total. The molecule has 11 rings (SSSR count). The Morgan fingerprint density at radius 2 is 0.833 bits per heavy atom. The number of hydrogen-bond acceptors (Lipinski definition) is 2. The Labute approximate surface area is 351 Å². The summed E-state index contributed by atoms with van der Waals surface area (Å²) in [5.74, 6) is 0. The van der Waals surface area contributed by atoms with Gasteiger partial charge in [-0.25, -0.2) is 0 Å². The zero-order valence-electron chi connectivity index (χ0n) is 33.7. The van der Waals surface area contributed by atoms with Gasteiger partial charge in [0, 0.05) is 44.6 Å². The Morgan fingerprint density at radius 3 is 1.43 bits per heavy atom. The number of hydrogen-bond donors (Lipinski definition) is 1. The summed E-state index contributed by atoms with van der Waals surface area (Å²) in [6.07, 6.45) is 0. The van der Waals surface area contributed by atoms with Gasteiger partial charge in [-0.05, 0) is 141 Å². The second-order valence-corrected chi connectivity index (χ2v) is 16.5. The van der Waals surface area contributed by atoms with E-state index in [1.165, 1.54) is 71.9 Å². The number of nitrogens with zero attached hydrogens (tertiary/aromatic N) is 2. The van der Waals surface area contributed by atoms with E-state index in [-0.39, 0.29) is 5.41 Å². The van der Waals surface area contributed by atoms with Crippen LogP contribution in [0.1, 0.15) is 25.0 Å². The first-order valence-corrected chi connectivity index (χ1v) is 20.7. The number of para-hydroxylation sites is 1. The molecule has 1 heterocycles. The van der Waals surface area contributed by atoms with Gasteiger partial charge in [-0.3, -0.25) is 0 Å². The molecule has 0 fully saturated rings. The van der Waals surface area contributed by atoms with Crippen LogP contribution in [0.15, 0.2) is 212 Å². The van der Waals surface area contributed by atoms with E-state index >= 15 is 0 Å². The van der Waals surface area contributed by atoms with Crippen molar-refractivity contribution in [1.82, 2.24) is 4.57 Å². The number of benzene rings is 9. The average molecular weight is 770 g/mol. The standard InChI is InChI=1S/C57H43N3/c1-57(2)53-16-10-9-15-49(53)50-32-31-48(37-54(50)57)59(46-27-19-39(20-28-46)38-11-5-3-6-12-38)47-29-21-41(22-30-47)43-24-34-56-52(36-43)51-35-42(40-17-25-44(58)26-18-40)23-33-55(51)60(56)45-13-7-4-8-14-45/h3-37H,58H2,1-2H3. The Morgan fingerprint density at radius 1 is 0.383 bits per heavy atom. The van der Waals surface area contributed by atoms with E-state index in [0.717, 1.165) is 34.0 Å². The highest BCUT2D eigenvalue weighted by atomic mass is 15.1. The van der Waals surface area contributed by atoms with E-state index in [9.17, 15) is 0 Å². The normalized spacial score (nSPS) is 12.7. The predicted octanol–water partition coefficient (Wildman–Crippen LogP) is 15.1. The van der Waals surface area contributed by atoms with E-state index in [1.807, 2.05) is 12.1 Å². The van der Waals surface area contributed by atoms with Crippen LogP contribution in [0.4, 0.5) is 22.7 Å². The fourth-order valence-electron chi connectivity index (χ4n) is 9.43. The highest BCUT2D eigenvalue weighted by Crippen LogP contribution is 2.51. The molecule has 60 heavy (non-hydrogen) atoms. The fourth-order valence-corrected chi connectivity index (χ4v) is 9.43. The van der Waals surface area contributed by atoms with Crippen LogP contribution in [-0.2, 0) is 5.41 Å². The van der Waals surface area contributed by atoms with Gasteiger partial charge in [0.25, 0.3) is 0 Å². The zero-order valence-corrected chi connectivity index (χ0v) is 33.7. The van der Waals surface area contributed by atoms with Crippen molar-refractivity contribution in [3.8, 4) is 50.2 Å². The summed E-state index contributed by atoms with van der Waals surface area (Å²) in [5, 5.41) is 2.43. The van der Waals surface area contributed by atoms with Crippen LogP contribution in [0.3, 0.4) is 0 Å². The highest BCUT2D eigenvalue weighted by molar-refractivity contribution is 6.11. The van der Waals surface area contributed by atoms with Crippen LogP contribution in [0.2, 0.25) is 0 Å². The third-order valence-electron chi connectivity index (χ3n) is 12.5. The maximum absolute atomic E-state index is 6.06. The number of rotatable bonds is 7. The van der Waals surface area contributed by atoms with Gasteiger partial charge in [0.15, 0.2) is 0 Å². The Hall–Kier alpha value is -7.62. The molecule has 0 amide bonds. The van der Waals surface area contributed by atoms with Crippen molar-refractivity contribution in [2.75, 3.05) is 10.6 Å². The molecule has 1 aliphatic carbocycles. The van der Waals surface area contributed by atoms with Gasteiger partial charge in [-0.1, -0.05) is 141 Å². The molecule has 2 N–H and O–H groups in total. The first-order chi connectivity index (χ1) is 29.4. The summed E-state index contributed by atoms with van der Waals surface area (Å²) in [6.45, 7) is 4.70. The van der Waals surface area contributed by atoms with Crippen molar-refractivity contribution in [3.63, 3.8) is 0 Å². The minimum atomic E-state index is -0.104. The number of nitrogen functional groups attached to an aromatic ring is 1. The second kappa shape index (κ2) is 14.0. The first kappa shape index (κ1) is 35.5. The lowest BCUT2D eigenvalue weighted by Crippen LogP contribution is -2.16. The fraction of sp³-hybridized carbons (Fsp3) is 0.0526. The van der Waals surface area contributed by atoms with E-state index in [0.29, 0.717) is 0 Å². The number of fused-ring (bicyclic) bond motifs is 6. The van der Waals surface area contributed by atoms with Crippen LogP contribution < -0.4 is 10.6 Å². The third-order valence-corrected chi connectivity index (χ3v) is 12.5. The van der Waals surface area contributed by atoms with Gasteiger partial charge in [0.05, 0.1) is 11.0 Å². The summed E-state index contributed by atoms with van der Waals surface area (Å²) < 4.78 is 2.38. The number of nitrogens with two attached hydrogens (primary N) is 1. The molecule has 9 aromatic carbocycles. The lowest BCUT2D eigenvalue weighted by Gasteiger charge is -2.28. The van der Waals surface area contributed by atoms with Crippen molar-refractivity contribution >= 4 is 44.6 Å². The Kier molecular flexibility index (Phi) is 8.31. The minimum Gasteiger partial charge on any atom is -0.399 e. The molecule has 3 heteroatoms. The third kappa shape index (κ3) is 5.89. The summed E-state index contributed by atoms with van der Waals surface area (Å²) in [7, 11) is 0. The smallest absolute Gasteiger partial charge is 0.0541 e. The van der Waals surface area contributed by atoms with Crippen molar-refractivity contribution in [1.29, 1.82) is 0 Å². The topological polar surface area (TPSA) is 34.2 Å². The van der Waals surface area contributed by atoms with Crippen LogP contribution in [0.25, 0.3) is 72.0 Å². The predicted molar refractivity (Wildman–Crippen MR) is 254 cm³/mol. The monoisotopic (exact) mass is 769 g/mol. The van der Waals surface area contributed by atoms with Crippen LogP contribution in [0.5, 0.6) is 0 Å². The van der Waals surface area contributed by atoms with E-state index < -0.39 is 0 Å². The molecule has 0 saturated carbocycles. The van der Waals surface area contributed by atoms with Crippen LogP contribution >= 0.6 is 0 Å². The number of anilines is 4. The summed E-state index contributed by atoms with van der Waals surface area (Å²) in [4.78, 5) is 2.40. The van der Waals surface area contributed by atoms with Gasteiger partial charge in [0.2, 0.25) is 0 Å². The average Bonchev–Trinajstić information content (AvgIpc) is 3.75. The minimum absolute atomic E-state index is 0.104. The van der Waals surface area contributed by atoms with E-state index in [2.05, 4.69) is 224 Å². The number of aromatic nitrogens is 1. The lowest BCUT2D eigenvalue weighted by molar-refractivity contribution is 0.660. The molecule has 0 unspecified atom stereocenters. The second-order valence-electron chi connectivity index (χ2n) is 16.5. The van der Waals surface area contributed by atoms with Gasteiger partial charge in [-0.15, -0.1) is 0 Å². The molecule has 0 bridgehead atoms. The molecular weight excluding hydrogens is 727 g/mol. The molecular formula is C57H43N3. The zero-order chi connectivity index (χ0) is 40.4. The highest BCUT2D eigenvalue weighted by Gasteiger charge is 2.35. The van der Waals surface area contributed by atoms with E-state index in [1.54, 1.807) is 0 Å². The molecule has 0 aliphatic heterocycles. The Bertz CT molecular complexity index is 3200. The Balaban J connectivity index is 1.02. The largest absolute Gasteiger partial charge is 0.399 e. The van der Waals surface area contributed by atoms with Crippen molar-refractivity contribution < 1.29 is 0 Å². The van der Waals surface area contributed by atoms with Crippen LogP contribution in [0, 0.1) is 0 Å². The van der Waals surface area contributed by atoms with Crippen molar-refractivity contribution in [2.24, 2.45) is 0 Å². The quantitative estimate of drug-likeness (QED) is 0.164. The first-order valence-electron chi connectivity index (χ1n) is 20.7. The van der Waals surface area contributed by atoms with Gasteiger partial charge in [0.1, 0.15) is 0 Å². The molecule has 1 aliphatic rings. The van der Waals surface area contributed by atoms with Crippen molar-refractivity contribution in [3.05, 3.63) is 223 Å². The molecule has 0 radical (unpaired) electrons. The van der Waals surface area contributed by atoms with E-state index in [4.69, 9.17) is 5.73 Å². The molecule has 0 atom stereocenters. The van der Waals surface area contributed by atoms with Crippen molar-refractivity contribution in [2.45, 2.75) is 19.3 Å². The molecule has 0 spiro atoms. The van der Waals surface area contributed by atoms with Gasteiger partial charge >= 0.3 is 0 Å². The molecule has 10 aromatic rings. The van der Waals surface area contributed by atoms with Crippen LogP contribution in [-0.4, -0.2) is 4.57 Å². The maximum atomic E-state index is 6.06. The van der Waals surface area contributed by atoms with Gasteiger partial charge < -0.3 is 15.2 Å². The van der Waals surface area contributed by atoms with Gasteiger partial charge in [-0.2, -0.15) is 0 Å². The molecule has 286 valence electrons. The lowest BCUT2D eigenvalue weighted by atomic mass is 9.82. The maximum Gasteiger partial charge on any atom is 0.0541 e.